The van der Waals surface area contributed by atoms with Crippen molar-refractivity contribution in [3.05, 3.63) is 29.6 Å². The van der Waals surface area contributed by atoms with Crippen LogP contribution in [0.5, 0.6) is 0 Å². The first-order chi connectivity index (χ1) is 13.0. The third kappa shape index (κ3) is 3.57. The quantitative estimate of drug-likeness (QED) is 0.865. The molecule has 1 aliphatic heterocycles. The summed E-state index contributed by atoms with van der Waals surface area (Å²) < 4.78 is 6.80. The van der Waals surface area contributed by atoms with Gasteiger partial charge in [-0.2, -0.15) is 0 Å². The summed E-state index contributed by atoms with van der Waals surface area (Å²) in [5.74, 6) is 0.162. The number of carbonyl (C=O) groups excluding carboxylic acids is 3. The number of ether oxygens (including phenoxy) is 1. The molecule has 2 aromatic rings. The number of nitrogens with one attached hydrogen (secondary N) is 1. The molecular weight excluding hydrogens is 350 g/mol. The summed E-state index contributed by atoms with van der Waals surface area (Å²) in [7, 11) is 1.62. The molecule has 3 rings (SSSR count). The number of piperazine rings is 1. The van der Waals surface area contributed by atoms with Crippen LogP contribution in [0.2, 0.25) is 0 Å². The van der Waals surface area contributed by atoms with Crippen molar-refractivity contribution in [3.8, 4) is 0 Å². The number of hydrogen-bond donors (Lipinski definition) is 1. The number of carbonyl (C=O) groups is 3. The number of aromatic nitrogens is 2. The maximum Gasteiger partial charge on any atom is 0.415 e. The number of anilines is 1. The van der Waals surface area contributed by atoms with Gasteiger partial charge in [-0.25, -0.2) is 9.78 Å². The first kappa shape index (κ1) is 18.7. The van der Waals surface area contributed by atoms with Crippen LogP contribution in [0.15, 0.2) is 18.3 Å². The smallest absolute Gasteiger partial charge is 0.415 e. The minimum absolute atomic E-state index is 0.0383. The fraction of sp³-hybridized carbons (Fsp3) is 0.444. The van der Waals surface area contributed by atoms with Crippen molar-refractivity contribution in [1.82, 2.24) is 19.6 Å². The largest absolute Gasteiger partial charge is 0.449 e. The zero-order valence-electron chi connectivity index (χ0n) is 15.7. The molecule has 0 radical (unpaired) electrons. The molecule has 3 amide bonds. The maximum atomic E-state index is 12.8. The Labute approximate surface area is 156 Å². The predicted octanol–water partition coefficient (Wildman–Crippen LogP) is 1.06. The van der Waals surface area contributed by atoms with E-state index in [4.69, 9.17) is 4.74 Å². The second kappa shape index (κ2) is 7.65. The summed E-state index contributed by atoms with van der Waals surface area (Å²) in [6.45, 7) is 4.89. The molecule has 0 saturated carbocycles. The number of fused-ring (bicyclic) bond motifs is 1. The standard InChI is InChI=1S/C18H23N5O4/c1-4-13-16(21(3)18(26)27-5-2)23-10-12(6-7-14(23)20-13)17(25)22-9-8-19-15(24)11-22/h6-7,10H,4-5,8-9,11H2,1-3H3,(H,19,24). The fourth-order valence-corrected chi connectivity index (χ4v) is 3.10. The van der Waals surface area contributed by atoms with Crippen molar-refractivity contribution < 1.29 is 19.1 Å². The first-order valence-electron chi connectivity index (χ1n) is 8.93. The van der Waals surface area contributed by atoms with Gasteiger partial charge in [0.2, 0.25) is 5.91 Å². The van der Waals surface area contributed by atoms with Crippen molar-refractivity contribution in [2.45, 2.75) is 20.3 Å². The second-order valence-electron chi connectivity index (χ2n) is 6.22. The van der Waals surface area contributed by atoms with Crippen LogP contribution < -0.4 is 10.2 Å². The lowest BCUT2D eigenvalue weighted by Gasteiger charge is -2.26. The summed E-state index contributed by atoms with van der Waals surface area (Å²) in [5, 5.41) is 2.70. The number of aryl methyl sites for hydroxylation is 1. The number of amides is 3. The molecule has 1 fully saturated rings. The zero-order chi connectivity index (χ0) is 19.6. The van der Waals surface area contributed by atoms with Crippen LogP contribution in [-0.4, -0.2) is 65.5 Å². The van der Waals surface area contributed by atoms with Crippen molar-refractivity contribution >= 4 is 29.4 Å². The van der Waals surface area contributed by atoms with Gasteiger partial charge in [0.15, 0.2) is 0 Å². The highest BCUT2D eigenvalue weighted by Gasteiger charge is 2.25. The van der Waals surface area contributed by atoms with Gasteiger partial charge in [-0.3, -0.25) is 18.9 Å². The Bertz CT molecular complexity index is 891. The molecule has 0 unspecified atom stereocenters. The van der Waals surface area contributed by atoms with Gasteiger partial charge in [-0.1, -0.05) is 6.92 Å². The highest BCUT2D eigenvalue weighted by molar-refractivity contribution is 5.97. The molecule has 27 heavy (non-hydrogen) atoms. The van der Waals surface area contributed by atoms with E-state index in [9.17, 15) is 14.4 Å². The average Bonchev–Trinajstić information content (AvgIpc) is 3.04. The van der Waals surface area contributed by atoms with E-state index in [-0.39, 0.29) is 25.0 Å². The normalized spacial score (nSPS) is 14.2. The van der Waals surface area contributed by atoms with Crippen LogP contribution in [0.3, 0.4) is 0 Å². The van der Waals surface area contributed by atoms with E-state index in [2.05, 4.69) is 10.3 Å². The third-order valence-electron chi connectivity index (χ3n) is 4.43. The van der Waals surface area contributed by atoms with Crippen LogP contribution in [0, 0.1) is 0 Å². The highest BCUT2D eigenvalue weighted by Crippen LogP contribution is 2.24. The molecule has 144 valence electrons. The van der Waals surface area contributed by atoms with Crippen molar-refractivity contribution in [1.29, 1.82) is 0 Å². The van der Waals surface area contributed by atoms with E-state index in [0.29, 0.717) is 36.5 Å². The minimum atomic E-state index is -0.488. The lowest BCUT2D eigenvalue weighted by molar-refractivity contribution is -0.123. The molecule has 2 aromatic heterocycles. The van der Waals surface area contributed by atoms with Gasteiger partial charge >= 0.3 is 6.09 Å². The van der Waals surface area contributed by atoms with E-state index in [0.717, 1.165) is 5.69 Å². The molecule has 1 saturated heterocycles. The predicted molar refractivity (Wildman–Crippen MR) is 98.9 cm³/mol. The summed E-state index contributed by atoms with van der Waals surface area (Å²) >= 11 is 0. The summed E-state index contributed by atoms with van der Waals surface area (Å²) in [5.41, 5.74) is 1.79. The Balaban J connectivity index is 2.00. The van der Waals surface area contributed by atoms with Crippen LogP contribution in [0.1, 0.15) is 29.9 Å². The molecule has 0 bridgehead atoms. The lowest BCUT2D eigenvalue weighted by atomic mass is 10.2. The minimum Gasteiger partial charge on any atom is -0.449 e. The van der Waals surface area contributed by atoms with Crippen LogP contribution in [-0.2, 0) is 16.0 Å². The second-order valence-corrected chi connectivity index (χ2v) is 6.22. The van der Waals surface area contributed by atoms with E-state index in [1.54, 1.807) is 36.7 Å². The molecular formula is C18H23N5O4. The molecule has 3 heterocycles. The SMILES string of the molecule is CCOC(=O)N(C)c1c(CC)nc2ccc(C(=O)N3CCNC(=O)C3)cn12. The highest BCUT2D eigenvalue weighted by atomic mass is 16.6. The van der Waals surface area contributed by atoms with Gasteiger partial charge in [-0.05, 0) is 25.5 Å². The maximum absolute atomic E-state index is 12.8. The molecule has 0 atom stereocenters. The van der Waals surface area contributed by atoms with Crippen molar-refractivity contribution in [2.24, 2.45) is 0 Å². The molecule has 0 aliphatic carbocycles. The molecule has 9 nitrogen and oxygen atoms in total. The monoisotopic (exact) mass is 373 g/mol. The number of nitrogens with zero attached hydrogens (tertiary/aromatic N) is 4. The van der Waals surface area contributed by atoms with Crippen LogP contribution >= 0.6 is 0 Å². The Morgan fingerprint density at radius 2 is 2.11 bits per heavy atom. The lowest BCUT2D eigenvalue weighted by Crippen LogP contribution is -2.50. The van der Waals surface area contributed by atoms with Gasteiger partial charge in [0.1, 0.15) is 11.5 Å². The van der Waals surface area contributed by atoms with Crippen molar-refractivity contribution in [2.75, 3.05) is 38.2 Å². The molecule has 1 aliphatic rings. The van der Waals surface area contributed by atoms with E-state index in [1.165, 1.54) is 9.80 Å². The van der Waals surface area contributed by atoms with E-state index < -0.39 is 6.09 Å². The topological polar surface area (TPSA) is 96.2 Å². The van der Waals surface area contributed by atoms with Gasteiger partial charge in [0.05, 0.1) is 24.4 Å². The Hall–Kier alpha value is -3.10. The zero-order valence-corrected chi connectivity index (χ0v) is 15.7. The Morgan fingerprint density at radius 1 is 1.33 bits per heavy atom. The van der Waals surface area contributed by atoms with Crippen LogP contribution in [0.4, 0.5) is 10.6 Å². The van der Waals surface area contributed by atoms with Gasteiger partial charge in [0.25, 0.3) is 5.91 Å². The van der Waals surface area contributed by atoms with Gasteiger partial charge in [-0.15, -0.1) is 0 Å². The average molecular weight is 373 g/mol. The van der Waals surface area contributed by atoms with Crippen molar-refractivity contribution in [3.63, 3.8) is 0 Å². The number of rotatable bonds is 4. The Morgan fingerprint density at radius 3 is 2.78 bits per heavy atom. The molecule has 0 spiro atoms. The summed E-state index contributed by atoms with van der Waals surface area (Å²) in [6.07, 6.45) is 1.79. The Kier molecular flexibility index (Phi) is 5.29. The molecule has 0 aromatic carbocycles. The number of pyridine rings is 1. The molecule has 9 heteroatoms. The summed E-state index contributed by atoms with van der Waals surface area (Å²) in [4.78, 5) is 44.0. The number of imidazole rings is 1. The first-order valence-corrected chi connectivity index (χ1v) is 8.93. The molecule has 1 N–H and O–H groups in total. The summed E-state index contributed by atoms with van der Waals surface area (Å²) in [6, 6.07) is 3.42. The third-order valence-corrected chi connectivity index (χ3v) is 4.43. The van der Waals surface area contributed by atoms with Gasteiger partial charge < -0.3 is 15.0 Å². The van der Waals surface area contributed by atoms with Gasteiger partial charge in [0, 0.05) is 26.3 Å². The van der Waals surface area contributed by atoms with E-state index >= 15 is 0 Å². The number of hydrogen-bond acceptors (Lipinski definition) is 5. The van der Waals surface area contributed by atoms with Crippen LogP contribution in [0.25, 0.3) is 5.65 Å². The van der Waals surface area contributed by atoms with E-state index in [1.807, 2.05) is 6.92 Å². The fourth-order valence-electron chi connectivity index (χ4n) is 3.10.